The van der Waals surface area contributed by atoms with E-state index in [1.165, 1.54) is 11.0 Å². The number of hydrogen-bond acceptors (Lipinski definition) is 3. The second-order valence-electron chi connectivity index (χ2n) is 6.53. The van der Waals surface area contributed by atoms with E-state index in [4.69, 9.17) is 4.42 Å². The van der Waals surface area contributed by atoms with Gasteiger partial charge in [-0.2, -0.15) is 0 Å². The molecular formula is C18H26N2O3. The van der Waals surface area contributed by atoms with E-state index < -0.39 is 5.76 Å². The number of rotatable bonds is 8. The minimum Gasteiger partial charge on any atom is -0.408 e. The van der Waals surface area contributed by atoms with Gasteiger partial charge in [-0.3, -0.25) is 9.36 Å². The van der Waals surface area contributed by atoms with Crippen LogP contribution in [0, 0.1) is 5.92 Å². The fourth-order valence-electron chi connectivity index (χ4n) is 2.69. The predicted octanol–water partition coefficient (Wildman–Crippen LogP) is 3.32. The van der Waals surface area contributed by atoms with Crippen LogP contribution in [0.1, 0.15) is 46.5 Å². The summed E-state index contributed by atoms with van der Waals surface area (Å²) in [4.78, 5) is 23.9. The monoisotopic (exact) mass is 318 g/mol. The van der Waals surface area contributed by atoms with Crippen LogP contribution >= 0.6 is 0 Å². The normalized spacial score (nSPS) is 12.7. The maximum atomic E-state index is 12.0. The maximum Gasteiger partial charge on any atom is 0.419 e. The molecule has 23 heavy (non-hydrogen) atoms. The van der Waals surface area contributed by atoms with Crippen LogP contribution in [-0.2, 0) is 11.3 Å². The molecular weight excluding hydrogens is 292 g/mol. The highest BCUT2D eigenvalue weighted by atomic mass is 16.4. The molecule has 0 aliphatic heterocycles. The topological polar surface area (TPSA) is 64.2 Å². The van der Waals surface area contributed by atoms with Gasteiger partial charge in [-0.05, 0) is 31.4 Å². The fourth-order valence-corrected chi connectivity index (χ4v) is 2.69. The number of carbonyl (C=O) groups excluding carboxylic acids is 1. The van der Waals surface area contributed by atoms with E-state index in [1.807, 2.05) is 25.1 Å². The third-order valence-electron chi connectivity index (χ3n) is 3.96. The maximum absolute atomic E-state index is 12.0. The fraction of sp³-hybridized carbons (Fsp3) is 0.556. The van der Waals surface area contributed by atoms with Crippen molar-refractivity contribution >= 4 is 17.0 Å². The zero-order chi connectivity index (χ0) is 16.8. The standard InChI is InChI=1S/C18H26N2O3/c1-13(2)7-6-8-14(3)19-17(21)11-12-20-15-9-4-5-10-16(15)23-18(20)22/h4-5,9-10,13-14H,6-8,11-12H2,1-3H3,(H,19,21). The molecule has 1 N–H and O–H groups in total. The van der Waals surface area contributed by atoms with Crippen LogP contribution in [0.2, 0.25) is 0 Å². The van der Waals surface area contributed by atoms with Gasteiger partial charge in [0.15, 0.2) is 5.58 Å². The first-order valence-electron chi connectivity index (χ1n) is 8.35. The molecule has 1 amide bonds. The average molecular weight is 318 g/mol. The van der Waals surface area contributed by atoms with Gasteiger partial charge in [0.2, 0.25) is 5.91 Å². The first-order chi connectivity index (χ1) is 11.0. The molecule has 0 fully saturated rings. The molecule has 1 atom stereocenters. The van der Waals surface area contributed by atoms with Gasteiger partial charge in [-0.25, -0.2) is 4.79 Å². The minimum atomic E-state index is -0.413. The molecule has 0 aliphatic rings. The number of aryl methyl sites for hydroxylation is 1. The highest BCUT2D eigenvalue weighted by molar-refractivity contribution is 5.77. The molecule has 5 heteroatoms. The molecule has 0 saturated carbocycles. The molecule has 0 aliphatic carbocycles. The van der Waals surface area contributed by atoms with Gasteiger partial charge in [-0.15, -0.1) is 0 Å². The zero-order valence-corrected chi connectivity index (χ0v) is 14.2. The number of nitrogens with zero attached hydrogens (tertiary/aromatic N) is 1. The van der Waals surface area contributed by atoms with E-state index in [-0.39, 0.29) is 18.4 Å². The summed E-state index contributed by atoms with van der Waals surface area (Å²) in [5.41, 5.74) is 1.29. The van der Waals surface area contributed by atoms with Crippen molar-refractivity contribution in [1.29, 1.82) is 0 Å². The molecule has 1 heterocycles. The number of amides is 1. The van der Waals surface area contributed by atoms with E-state index in [9.17, 15) is 9.59 Å². The Morgan fingerprint density at radius 2 is 1.96 bits per heavy atom. The highest BCUT2D eigenvalue weighted by Gasteiger charge is 2.12. The van der Waals surface area contributed by atoms with Crippen LogP contribution in [0.15, 0.2) is 33.5 Å². The van der Waals surface area contributed by atoms with Crippen molar-refractivity contribution in [3.05, 3.63) is 34.8 Å². The Balaban J connectivity index is 1.84. The van der Waals surface area contributed by atoms with Crippen molar-refractivity contribution in [1.82, 2.24) is 9.88 Å². The SMILES string of the molecule is CC(C)CCCC(C)NC(=O)CCn1c(=O)oc2ccccc21. The van der Waals surface area contributed by atoms with Gasteiger partial charge in [-0.1, -0.05) is 38.8 Å². The summed E-state index contributed by atoms with van der Waals surface area (Å²) in [5.74, 6) is 0.252. The van der Waals surface area contributed by atoms with Gasteiger partial charge in [0.1, 0.15) is 0 Å². The van der Waals surface area contributed by atoms with Gasteiger partial charge in [0.25, 0.3) is 0 Å². The lowest BCUT2D eigenvalue weighted by atomic mass is 10.0. The molecule has 126 valence electrons. The second-order valence-corrected chi connectivity index (χ2v) is 6.53. The molecule has 1 aromatic carbocycles. The molecule has 2 aromatic rings. The summed E-state index contributed by atoms with van der Waals surface area (Å²) in [6, 6.07) is 7.42. The summed E-state index contributed by atoms with van der Waals surface area (Å²) < 4.78 is 6.68. The Labute approximate surface area is 136 Å². The van der Waals surface area contributed by atoms with Crippen molar-refractivity contribution < 1.29 is 9.21 Å². The van der Waals surface area contributed by atoms with E-state index >= 15 is 0 Å². The summed E-state index contributed by atoms with van der Waals surface area (Å²) in [6.45, 7) is 6.77. The van der Waals surface area contributed by atoms with Crippen molar-refractivity contribution in [3.8, 4) is 0 Å². The van der Waals surface area contributed by atoms with Crippen molar-refractivity contribution in [2.24, 2.45) is 5.92 Å². The van der Waals surface area contributed by atoms with E-state index in [2.05, 4.69) is 19.2 Å². The Bertz CT molecular complexity index is 700. The number of nitrogens with one attached hydrogen (secondary N) is 1. The van der Waals surface area contributed by atoms with Gasteiger partial charge in [0, 0.05) is 19.0 Å². The minimum absolute atomic E-state index is 0.0285. The molecule has 2 rings (SSSR count). The van der Waals surface area contributed by atoms with Crippen LogP contribution in [0.25, 0.3) is 11.1 Å². The van der Waals surface area contributed by atoms with Crippen molar-refractivity contribution in [2.45, 2.75) is 59.0 Å². The van der Waals surface area contributed by atoms with E-state index in [0.29, 0.717) is 18.0 Å². The van der Waals surface area contributed by atoms with Crippen molar-refractivity contribution in [2.75, 3.05) is 0 Å². The third kappa shape index (κ3) is 4.98. The lowest BCUT2D eigenvalue weighted by molar-refractivity contribution is -0.121. The Morgan fingerprint density at radius 3 is 2.70 bits per heavy atom. The van der Waals surface area contributed by atoms with E-state index in [0.717, 1.165) is 18.4 Å². The van der Waals surface area contributed by atoms with Crippen LogP contribution in [0.3, 0.4) is 0 Å². The van der Waals surface area contributed by atoms with E-state index in [1.54, 1.807) is 6.07 Å². The summed E-state index contributed by atoms with van der Waals surface area (Å²) in [5, 5.41) is 3.00. The largest absolute Gasteiger partial charge is 0.419 e. The average Bonchev–Trinajstić information content (AvgIpc) is 2.80. The zero-order valence-electron chi connectivity index (χ0n) is 14.2. The first-order valence-corrected chi connectivity index (χ1v) is 8.35. The Hall–Kier alpha value is -2.04. The Morgan fingerprint density at radius 1 is 1.22 bits per heavy atom. The number of hydrogen-bond donors (Lipinski definition) is 1. The summed E-state index contributed by atoms with van der Waals surface area (Å²) in [7, 11) is 0. The second kappa shape index (κ2) is 7.99. The Kier molecular flexibility index (Phi) is 6.02. The van der Waals surface area contributed by atoms with Crippen LogP contribution < -0.4 is 11.1 Å². The van der Waals surface area contributed by atoms with Crippen LogP contribution in [0.4, 0.5) is 0 Å². The molecule has 0 bridgehead atoms. The highest BCUT2D eigenvalue weighted by Crippen LogP contribution is 2.12. The predicted molar refractivity (Wildman–Crippen MR) is 91.4 cm³/mol. The summed E-state index contributed by atoms with van der Waals surface area (Å²) in [6.07, 6.45) is 3.55. The summed E-state index contributed by atoms with van der Waals surface area (Å²) >= 11 is 0. The number of carbonyl (C=O) groups is 1. The molecule has 1 aromatic heterocycles. The van der Waals surface area contributed by atoms with Gasteiger partial charge in [0.05, 0.1) is 5.52 Å². The molecule has 0 radical (unpaired) electrons. The van der Waals surface area contributed by atoms with Crippen molar-refractivity contribution in [3.63, 3.8) is 0 Å². The third-order valence-corrected chi connectivity index (χ3v) is 3.96. The lowest BCUT2D eigenvalue weighted by Crippen LogP contribution is -2.33. The number of aromatic nitrogens is 1. The quantitative estimate of drug-likeness (QED) is 0.812. The smallest absolute Gasteiger partial charge is 0.408 e. The first kappa shape index (κ1) is 17.3. The van der Waals surface area contributed by atoms with Gasteiger partial charge < -0.3 is 9.73 Å². The van der Waals surface area contributed by atoms with Crippen LogP contribution in [-0.4, -0.2) is 16.5 Å². The van der Waals surface area contributed by atoms with Gasteiger partial charge >= 0.3 is 5.76 Å². The lowest BCUT2D eigenvalue weighted by Gasteiger charge is -2.14. The molecule has 0 saturated heterocycles. The number of para-hydroxylation sites is 2. The molecule has 0 spiro atoms. The number of oxazole rings is 1. The number of fused-ring (bicyclic) bond motifs is 1. The number of benzene rings is 1. The van der Waals surface area contributed by atoms with Crippen LogP contribution in [0.5, 0.6) is 0 Å². The molecule has 5 nitrogen and oxygen atoms in total. The molecule has 1 unspecified atom stereocenters.